The summed E-state index contributed by atoms with van der Waals surface area (Å²) in [7, 11) is 0. The van der Waals surface area contributed by atoms with E-state index in [0.717, 1.165) is 25.8 Å². The van der Waals surface area contributed by atoms with Crippen molar-refractivity contribution in [2.24, 2.45) is 5.41 Å². The van der Waals surface area contributed by atoms with Gasteiger partial charge in [-0.25, -0.2) is 0 Å². The van der Waals surface area contributed by atoms with Gasteiger partial charge in [0, 0.05) is 19.5 Å². The molecule has 4 heteroatoms. The van der Waals surface area contributed by atoms with Gasteiger partial charge in [0.1, 0.15) is 6.04 Å². The third-order valence-electron chi connectivity index (χ3n) is 3.37. The van der Waals surface area contributed by atoms with E-state index < -0.39 is 6.04 Å². The van der Waals surface area contributed by atoms with Crippen LogP contribution in [0.1, 0.15) is 53.4 Å². The molecule has 1 unspecified atom stereocenters. The number of hydrogen-bond acceptors (Lipinski definition) is 2. The average molecular weight is 254 g/mol. The molecule has 2 amide bonds. The first-order valence-corrected chi connectivity index (χ1v) is 6.94. The third-order valence-corrected chi connectivity index (χ3v) is 3.37. The molecule has 0 spiro atoms. The molecule has 0 aromatic rings. The van der Waals surface area contributed by atoms with Crippen molar-refractivity contribution in [2.45, 2.75) is 59.4 Å². The summed E-state index contributed by atoms with van der Waals surface area (Å²) >= 11 is 0. The summed E-state index contributed by atoms with van der Waals surface area (Å²) in [6.45, 7) is 9.45. The molecule has 18 heavy (non-hydrogen) atoms. The highest BCUT2D eigenvalue weighted by atomic mass is 16.2. The molecular weight excluding hydrogens is 228 g/mol. The van der Waals surface area contributed by atoms with Crippen LogP contribution in [-0.2, 0) is 9.59 Å². The van der Waals surface area contributed by atoms with Gasteiger partial charge in [0.25, 0.3) is 0 Å². The first-order chi connectivity index (χ1) is 8.36. The summed E-state index contributed by atoms with van der Waals surface area (Å²) in [4.78, 5) is 26.0. The van der Waals surface area contributed by atoms with E-state index in [9.17, 15) is 9.59 Å². The maximum absolute atomic E-state index is 12.4. The van der Waals surface area contributed by atoms with Gasteiger partial charge < -0.3 is 10.2 Å². The van der Waals surface area contributed by atoms with E-state index in [2.05, 4.69) is 12.2 Å². The first kappa shape index (κ1) is 15.0. The predicted octanol–water partition coefficient (Wildman–Crippen LogP) is 1.94. The maximum atomic E-state index is 12.4. The number of nitrogens with one attached hydrogen (secondary N) is 1. The van der Waals surface area contributed by atoms with E-state index in [1.54, 1.807) is 0 Å². The molecule has 1 aliphatic rings. The van der Waals surface area contributed by atoms with Crippen molar-refractivity contribution in [1.82, 2.24) is 10.2 Å². The van der Waals surface area contributed by atoms with Gasteiger partial charge in [-0.15, -0.1) is 0 Å². The van der Waals surface area contributed by atoms with Gasteiger partial charge in [0.15, 0.2) is 0 Å². The number of nitrogens with zero attached hydrogens (tertiary/aromatic N) is 1. The van der Waals surface area contributed by atoms with Crippen LogP contribution in [0.4, 0.5) is 0 Å². The molecule has 1 atom stereocenters. The molecule has 0 aromatic heterocycles. The fourth-order valence-corrected chi connectivity index (χ4v) is 2.19. The highest BCUT2D eigenvalue weighted by molar-refractivity contribution is 5.90. The van der Waals surface area contributed by atoms with Gasteiger partial charge >= 0.3 is 0 Å². The highest BCUT2D eigenvalue weighted by Gasteiger charge is 2.37. The molecule has 1 N–H and O–H groups in total. The molecule has 1 saturated heterocycles. The summed E-state index contributed by atoms with van der Waals surface area (Å²) in [6.07, 6.45) is 3.71. The second-order valence-corrected chi connectivity index (χ2v) is 6.15. The Morgan fingerprint density at radius 1 is 1.28 bits per heavy atom. The summed E-state index contributed by atoms with van der Waals surface area (Å²) < 4.78 is 0. The number of unbranched alkanes of at least 4 members (excludes halogenated alkanes) is 2. The van der Waals surface area contributed by atoms with Crippen LogP contribution in [0.3, 0.4) is 0 Å². The number of amides is 2. The second kappa shape index (κ2) is 6.21. The number of carbonyl (C=O) groups is 2. The lowest BCUT2D eigenvalue weighted by Gasteiger charge is -2.32. The fraction of sp³-hybridized carbons (Fsp3) is 0.857. The Balaban J connectivity index is 2.73. The molecule has 0 aliphatic carbocycles. The molecule has 1 rings (SSSR count). The Bertz CT molecular complexity index is 307. The zero-order valence-corrected chi connectivity index (χ0v) is 12.1. The van der Waals surface area contributed by atoms with Crippen molar-refractivity contribution in [3.63, 3.8) is 0 Å². The Morgan fingerprint density at radius 2 is 1.94 bits per heavy atom. The molecule has 0 radical (unpaired) electrons. The van der Waals surface area contributed by atoms with E-state index in [0.29, 0.717) is 13.0 Å². The van der Waals surface area contributed by atoms with E-state index in [1.165, 1.54) is 0 Å². The molecule has 0 saturated carbocycles. The molecule has 1 heterocycles. The van der Waals surface area contributed by atoms with Crippen molar-refractivity contribution in [2.75, 3.05) is 13.1 Å². The maximum Gasteiger partial charge on any atom is 0.245 e. The zero-order valence-electron chi connectivity index (χ0n) is 12.1. The van der Waals surface area contributed by atoms with E-state index in [4.69, 9.17) is 0 Å². The largest absolute Gasteiger partial charge is 0.344 e. The van der Waals surface area contributed by atoms with Gasteiger partial charge in [-0.3, -0.25) is 9.59 Å². The Labute approximate surface area is 110 Å². The zero-order chi connectivity index (χ0) is 13.8. The third kappa shape index (κ3) is 4.00. The van der Waals surface area contributed by atoms with Gasteiger partial charge in [0.2, 0.25) is 11.8 Å². The van der Waals surface area contributed by atoms with E-state index in [1.807, 2.05) is 25.7 Å². The monoisotopic (exact) mass is 254 g/mol. The van der Waals surface area contributed by atoms with Crippen LogP contribution < -0.4 is 5.32 Å². The van der Waals surface area contributed by atoms with Gasteiger partial charge in [-0.2, -0.15) is 0 Å². The first-order valence-electron chi connectivity index (χ1n) is 6.94. The minimum Gasteiger partial charge on any atom is -0.344 e. The fourth-order valence-electron chi connectivity index (χ4n) is 2.19. The minimum absolute atomic E-state index is 0.0127. The van der Waals surface area contributed by atoms with Crippen molar-refractivity contribution in [3.05, 3.63) is 0 Å². The standard InChI is InChI=1S/C14H26N2O2/c1-5-6-7-9-16-10-8-11(17)15-12(13(16)18)14(2,3)4/h12H,5-10H2,1-4H3,(H,15,17). The van der Waals surface area contributed by atoms with Crippen molar-refractivity contribution in [3.8, 4) is 0 Å². The molecule has 0 aromatic carbocycles. The predicted molar refractivity (Wildman–Crippen MR) is 72.1 cm³/mol. The Morgan fingerprint density at radius 3 is 2.50 bits per heavy atom. The van der Waals surface area contributed by atoms with Gasteiger partial charge in [0.05, 0.1) is 0 Å². The smallest absolute Gasteiger partial charge is 0.245 e. The van der Waals surface area contributed by atoms with Gasteiger partial charge in [-0.1, -0.05) is 40.5 Å². The topological polar surface area (TPSA) is 49.4 Å². The van der Waals surface area contributed by atoms with Crippen molar-refractivity contribution < 1.29 is 9.59 Å². The highest BCUT2D eigenvalue weighted by Crippen LogP contribution is 2.23. The lowest BCUT2D eigenvalue weighted by Crippen LogP contribution is -2.52. The average Bonchev–Trinajstić information content (AvgIpc) is 2.41. The van der Waals surface area contributed by atoms with Crippen LogP contribution in [0.15, 0.2) is 0 Å². The van der Waals surface area contributed by atoms with Crippen LogP contribution in [0.25, 0.3) is 0 Å². The quantitative estimate of drug-likeness (QED) is 0.779. The van der Waals surface area contributed by atoms with E-state index in [-0.39, 0.29) is 17.2 Å². The number of carbonyl (C=O) groups excluding carboxylic acids is 2. The minimum atomic E-state index is -0.394. The Hall–Kier alpha value is -1.06. The van der Waals surface area contributed by atoms with Crippen molar-refractivity contribution >= 4 is 11.8 Å². The number of rotatable bonds is 4. The van der Waals surface area contributed by atoms with Crippen LogP contribution in [-0.4, -0.2) is 35.8 Å². The SMILES string of the molecule is CCCCCN1CCC(=O)NC(C(C)(C)C)C1=O. The molecular formula is C14H26N2O2. The lowest BCUT2D eigenvalue weighted by atomic mass is 9.86. The van der Waals surface area contributed by atoms with Gasteiger partial charge in [-0.05, 0) is 11.8 Å². The molecule has 0 bridgehead atoms. The second-order valence-electron chi connectivity index (χ2n) is 6.15. The van der Waals surface area contributed by atoms with Crippen LogP contribution in [0, 0.1) is 5.41 Å². The van der Waals surface area contributed by atoms with E-state index >= 15 is 0 Å². The summed E-state index contributed by atoms with van der Waals surface area (Å²) in [6, 6.07) is -0.394. The summed E-state index contributed by atoms with van der Waals surface area (Å²) in [5, 5.41) is 2.86. The Kier molecular flexibility index (Phi) is 5.17. The summed E-state index contributed by atoms with van der Waals surface area (Å²) in [5.41, 5.74) is -0.236. The molecule has 1 aliphatic heterocycles. The van der Waals surface area contributed by atoms with Crippen LogP contribution in [0.2, 0.25) is 0 Å². The lowest BCUT2D eigenvalue weighted by molar-refractivity contribution is -0.136. The molecule has 4 nitrogen and oxygen atoms in total. The van der Waals surface area contributed by atoms with Crippen LogP contribution >= 0.6 is 0 Å². The number of hydrogen-bond donors (Lipinski definition) is 1. The normalized spacial score (nSPS) is 21.8. The van der Waals surface area contributed by atoms with Crippen molar-refractivity contribution in [1.29, 1.82) is 0 Å². The van der Waals surface area contributed by atoms with Crippen LogP contribution in [0.5, 0.6) is 0 Å². The summed E-state index contributed by atoms with van der Waals surface area (Å²) in [5.74, 6) is 0.0609. The molecule has 1 fully saturated rings. The molecule has 104 valence electrons.